The van der Waals surface area contributed by atoms with Crippen molar-refractivity contribution in [1.82, 2.24) is 0 Å². The van der Waals surface area contributed by atoms with Crippen LogP contribution in [0.4, 0.5) is 0 Å². The van der Waals surface area contributed by atoms with Crippen LogP contribution in [0.1, 0.15) is 25.0 Å². The van der Waals surface area contributed by atoms with Crippen LogP contribution in [0.3, 0.4) is 0 Å². The van der Waals surface area contributed by atoms with E-state index in [1.807, 2.05) is 0 Å². The molecule has 1 heterocycles. The summed E-state index contributed by atoms with van der Waals surface area (Å²) in [6.07, 6.45) is 0. The first-order valence-electron chi connectivity index (χ1n) is 21.7. The molecule has 0 atom stereocenters. The van der Waals surface area contributed by atoms with Gasteiger partial charge in [-0.25, -0.2) is 0 Å². The summed E-state index contributed by atoms with van der Waals surface area (Å²) in [7, 11) is 0. The smallest absolute Gasteiger partial charge is 0.140 e. The first-order valence-corrected chi connectivity index (χ1v) is 21.7. The lowest BCUT2D eigenvalue weighted by Crippen LogP contribution is -2.15. The lowest BCUT2D eigenvalue weighted by molar-refractivity contribution is 0.620. The average molecular weight is 789 g/mol. The summed E-state index contributed by atoms with van der Waals surface area (Å²) >= 11 is 0. The van der Waals surface area contributed by atoms with Gasteiger partial charge in [-0.15, -0.1) is 0 Å². The largest absolute Gasteiger partial charge is 0.456 e. The monoisotopic (exact) mass is 788 g/mol. The first kappa shape index (κ1) is 35.1. The van der Waals surface area contributed by atoms with Crippen molar-refractivity contribution in [2.24, 2.45) is 0 Å². The van der Waals surface area contributed by atoms with Gasteiger partial charge in [0.15, 0.2) is 0 Å². The first-order chi connectivity index (χ1) is 30.5. The minimum Gasteiger partial charge on any atom is -0.456 e. The van der Waals surface area contributed by atoms with Crippen molar-refractivity contribution < 1.29 is 4.42 Å². The molecule has 0 unspecified atom stereocenters. The van der Waals surface area contributed by atoms with Crippen LogP contribution in [-0.4, -0.2) is 0 Å². The molecule has 1 aliphatic carbocycles. The number of benzene rings is 11. The van der Waals surface area contributed by atoms with Crippen molar-refractivity contribution in [1.29, 1.82) is 0 Å². The lowest BCUT2D eigenvalue weighted by Gasteiger charge is -2.21. The molecule has 13 rings (SSSR count). The minimum absolute atomic E-state index is 0.135. The molecule has 1 aromatic heterocycles. The summed E-state index contributed by atoms with van der Waals surface area (Å²) < 4.78 is 6.77. The molecule has 0 N–H and O–H groups in total. The van der Waals surface area contributed by atoms with Crippen LogP contribution < -0.4 is 0 Å². The zero-order valence-corrected chi connectivity index (χ0v) is 34.5. The molecule has 290 valence electrons. The van der Waals surface area contributed by atoms with Gasteiger partial charge in [0.1, 0.15) is 11.2 Å². The number of rotatable bonds is 4. The third kappa shape index (κ3) is 5.09. The highest BCUT2D eigenvalue weighted by Crippen LogP contribution is 2.53. The van der Waals surface area contributed by atoms with Crippen molar-refractivity contribution in [3.05, 3.63) is 217 Å². The summed E-state index contributed by atoms with van der Waals surface area (Å²) in [4.78, 5) is 0. The minimum atomic E-state index is -0.135. The van der Waals surface area contributed by atoms with E-state index in [1.54, 1.807) is 0 Å². The van der Waals surface area contributed by atoms with Gasteiger partial charge in [-0.1, -0.05) is 196 Å². The normalized spacial score (nSPS) is 13.1. The average Bonchev–Trinajstić information content (AvgIpc) is 3.80. The van der Waals surface area contributed by atoms with E-state index in [9.17, 15) is 0 Å². The maximum Gasteiger partial charge on any atom is 0.140 e. The third-order valence-corrected chi connectivity index (χ3v) is 13.8. The fourth-order valence-electron chi connectivity index (χ4n) is 10.9. The highest BCUT2D eigenvalue weighted by Gasteiger charge is 2.38. The third-order valence-electron chi connectivity index (χ3n) is 13.8. The Labute approximate surface area is 360 Å². The van der Waals surface area contributed by atoms with Crippen LogP contribution in [0.5, 0.6) is 0 Å². The lowest BCUT2D eigenvalue weighted by atomic mass is 9.82. The molecule has 0 saturated heterocycles. The molecule has 11 aromatic carbocycles. The SMILES string of the molecule is CC1(C)c2ccccc2-c2ccc3c(oc4cc5ccc(-c6ccc(-c7c8ccccc8c(-c8ccc(-c9cccc%10ccccc9%10)cc8)c8ccccc78)cc6)cc5cc43)c21. The molecular formula is C61H40O. The molecule has 0 amide bonds. The van der Waals surface area contributed by atoms with E-state index in [4.69, 9.17) is 4.42 Å². The summed E-state index contributed by atoms with van der Waals surface area (Å²) in [5, 5.41) is 12.3. The number of furan rings is 1. The van der Waals surface area contributed by atoms with Gasteiger partial charge in [0, 0.05) is 21.8 Å². The van der Waals surface area contributed by atoms with Crippen molar-refractivity contribution in [2.75, 3.05) is 0 Å². The summed E-state index contributed by atoms with van der Waals surface area (Å²) in [5.41, 5.74) is 16.9. The molecule has 62 heavy (non-hydrogen) atoms. The van der Waals surface area contributed by atoms with E-state index in [-0.39, 0.29) is 5.41 Å². The van der Waals surface area contributed by atoms with Crippen molar-refractivity contribution in [3.8, 4) is 55.6 Å². The van der Waals surface area contributed by atoms with Gasteiger partial charge in [0.05, 0.1) is 0 Å². The molecule has 1 nitrogen and oxygen atoms in total. The number of hydrogen-bond acceptors (Lipinski definition) is 1. The van der Waals surface area contributed by atoms with E-state index in [0.29, 0.717) is 0 Å². The maximum atomic E-state index is 6.77. The molecule has 0 bridgehead atoms. The van der Waals surface area contributed by atoms with E-state index in [0.717, 1.165) is 16.6 Å². The fraction of sp³-hybridized carbons (Fsp3) is 0.0492. The van der Waals surface area contributed by atoms with Gasteiger partial charge in [-0.05, 0) is 129 Å². The second-order valence-corrected chi connectivity index (χ2v) is 17.6. The Balaban J connectivity index is 0.886. The van der Waals surface area contributed by atoms with E-state index in [2.05, 4.69) is 220 Å². The molecule has 0 aliphatic heterocycles. The predicted molar refractivity (Wildman–Crippen MR) is 263 cm³/mol. The van der Waals surface area contributed by atoms with Crippen LogP contribution >= 0.6 is 0 Å². The predicted octanol–water partition coefficient (Wildman–Crippen LogP) is 17.2. The van der Waals surface area contributed by atoms with Gasteiger partial charge < -0.3 is 4.42 Å². The van der Waals surface area contributed by atoms with Crippen LogP contribution in [0.15, 0.2) is 211 Å². The number of fused-ring (bicyclic) bond motifs is 11. The Bertz CT molecular complexity index is 3740. The van der Waals surface area contributed by atoms with Crippen LogP contribution in [0.25, 0.3) is 121 Å². The highest BCUT2D eigenvalue weighted by molar-refractivity contribution is 6.21. The summed E-state index contributed by atoms with van der Waals surface area (Å²) in [5.74, 6) is 0. The molecule has 1 aliphatic rings. The van der Waals surface area contributed by atoms with Crippen molar-refractivity contribution in [3.63, 3.8) is 0 Å². The van der Waals surface area contributed by atoms with Gasteiger partial charge in [-0.3, -0.25) is 0 Å². The zero-order chi connectivity index (χ0) is 41.1. The Kier molecular flexibility index (Phi) is 7.42. The van der Waals surface area contributed by atoms with Gasteiger partial charge in [0.2, 0.25) is 0 Å². The van der Waals surface area contributed by atoms with Crippen molar-refractivity contribution >= 4 is 65.0 Å². The maximum absolute atomic E-state index is 6.77. The summed E-state index contributed by atoms with van der Waals surface area (Å²) in [6.45, 7) is 4.65. The molecule has 0 saturated carbocycles. The highest BCUT2D eigenvalue weighted by atomic mass is 16.3. The molecule has 12 aromatic rings. The van der Waals surface area contributed by atoms with Crippen LogP contribution in [0.2, 0.25) is 0 Å². The second-order valence-electron chi connectivity index (χ2n) is 17.6. The van der Waals surface area contributed by atoms with Crippen LogP contribution in [0, 0.1) is 0 Å². The molecule has 0 spiro atoms. The molecule has 0 fully saturated rings. The van der Waals surface area contributed by atoms with Gasteiger partial charge in [-0.2, -0.15) is 0 Å². The molecule has 0 radical (unpaired) electrons. The zero-order valence-electron chi connectivity index (χ0n) is 34.5. The summed E-state index contributed by atoms with van der Waals surface area (Å²) in [6, 6.07) is 76.1. The fourth-order valence-corrected chi connectivity index (χ4v) is 10.9. The van der Waals surface area contributed by atoms with E-state index < -0.39 is 0 Å². The number of hydrogen-bond donors (Lipinski definition) is 0. The van der Waals surface area contributed by atoms with E-state index >= 15 is 0 Å². The Hall–Kier alpha value is -7.74. The Morgan fingerprint density at radius 2 is 0.871 bits per heavy atom. The van der Waals surface area contributed by atoms with Gasteiger partial charge >= 0.3 is 0 Å². The standard InChI is InChI=1S/C61H40O/c1-61(2)55-21-10-9-15-47(55)52-32-33-53-54-35-44-34-42(30-31-43(44)36-56(54)62-60(53)59(52)61)37-22-26-40(27-23-37)57-48-16-5-7-18-50(48)58(51-19-8-6-17-49(51)57)41-28-24-39(25-29-41)46-20-11-13-38-12-3-4-14-45(38)46/h3-36H,1-2H3. The quantitative estimate of drug-likeness (QED) is 0.162. The second kappa shape index (κ2) is 13.1. The van der Waals surface area contributed by atoms with Crippen LogP contribution in [-0.2, 0) is 5.41 Å². The molecule has 1 heteroatoms. The van der Waals surface area contributed by atoms with Crippen molar-refractivity contribution in [2.45, 2.75) is 19.3 Å². The van der Waals surface area contributed by atoms with E-state index in [1.165, 1.54) is 115 Å². The topological polar surface area (TPSA) is 13.1 Å². The van der Waals surface area contributed by atoms with Gasteiger partial charge in [0.25, 0.3) is 0 Å². The molecular weight excluding hydrogens is 749 g/mol. The Morgan fingerprint density at radius 1 is 0.323 bits per heavy atom. The Morgan fingerprint density at radius 3 is 1.56 bits per heavy atom.